The van der Waals surface area contributed by atoms with E-state index in [1.807, 2.05) is 35.0 Å². The zero-order chi connectivity index (χ0) is 19.9. The van der Waals surface area contributed by atoms with Crippen LogP contribution < -0.4 is 5.32 Å². The SMILES string of the molecule is CN=C(NCCCC(=O)N1Cc2ccccc2C1)N(C)Cc1cccc(F)c1. The summed E-state index contributed by atoms with van der Waals surface area (Å²) < 4.78 is 13.3. The molecular formula is C22H27FN4O. The van der Waals surface area contributed by atoms with E-state index in [0.717, 1.165) is 17.9 Å². The average Bonchev–Trinajstić information content (AvgIpc) is 3.12. The first kappa shape index (κ1) is 19.9. The summed E-state index contributed by atoms with van der Waals surface area (Å²) in [5.41, 5.74) is 3.37. The lowest BCUT2D eigenvalue weighted by Crippen LogP contribution is -2.39. The second-order valence-electron chi connectivity index (χ2n) is 7.08. The smallest absolute Gasteiger partial charge is 0.223 e. The van der Waals surface area contributed by atoms with E-state index < -0.39 is 0 Å². The molecule has 0 saturated carbocycles. The van der Waals surface area contributed by atoms with E-state index >= 15 is 0 Å². The summed E-state index contributed by atoms with van der Waals surface area (Å²) in [7, 11) is 3.63. The Labute approximate surface area is 165 Å². The molecule has 6 heteroatoms. The highest BCUT2D eigenvalue weighted by molar-refractivity contribution is 5.80. The maximum Gasteiger partial charge on any atom is 0.223 e. The van der Waals surface area contributed by atoms with Gasteiger partial charge in [0.25, 0.3) is 0 Å². The van der Waals surface area contributed by atoms with E-state index in [0.29, 0.717) is 32.6 Å². The molecule has 1 amide bonds. The number of carbonyl (C=O) groups is 1. The predicted octanol–water partition coefficient (Wildman–Crippen LogP) is 3.16. The fraction of sp³-hybridized carbons (Fsp3) is 0.364. The van der Waals surface area contributed by atoms with Crippen LogP contribution in [0.2, 0.25) is 0 Å². The van der Waals surface area contributed by atoms with Gasteiger partial charge in [0.1, 0.15) is 5.82 Å². The summed E-state index contributed by atoms with van der Waals surface area (Å²) >= 11 is 0. The van der Waals surface area contributed by atoms with E-state index in [4.69, 9.17) is 0 Å². The number of rotatable bonds is 6. The normalized spacial score (nSPS) is 13.4. The molecule has 1 N–H and O–H groups in total. The number of halogens is 1. The van der Waals surface area contributed by atoms with Crippen LogP contribution in [-0.2, 0) is 24.4 Å². The molecule has 3 rings (SSSR count). The number of nitrogens with zero attached hydrogens (tertiary/aromatic N) is 3. The van der Waals surface area contributed by atoms with Gasteiger partial charge in [-0.2, -0.15) is 0 Å². The van der Waals surface area contributed by atoms with Crippen LogP contribution in [0.4, 0.5) is 4.39 Å². The number of hydrogen-bond donors (Lipinski definition) is 1. The third-order valence-corrected chi connectivity index (χ3v) is 4.93. The lowest BCUT2D eigenvalue weighted by Gasteiger charge is -2.22. The standard InChI is InChI=1S/C22H27FN4O/c1-24-22(26(2)14-17-7-5-10-20(23)13-17)25-12-6-11-21(28)27-15-18-8-3-4-9-19(18)16-27/h3-5,7-10,13H,6,11-12,14-16H2,1-2H3,(H,24,25). The Hall–Kier alpha value is -2.89. The van der Waals surface area contributed by atoms with Crippen molar-refractivity contribution in [2.45, 2.75) is 32.5 Å². The average molecular weight is 382 g/mol. The number of amides is 1. The van der Waals surface area contributed by atoms with Gasteiger partial charge in [-0.1, -0.05) is 36.4 Å². The molecule has 0 atom stereocenters. The maximum atomic E-state index is 13.3. The van der Waals surface area contributed by atoms with Crippen LogP contribution in [0.3, 0.4) is 0 Å². The quantitative estimate of drug-likeness (QED) is 0.474. The van der Waals surface area contributed by atoms with Crippen LogP contribution in [-0.4, -0.2) is 42.3 Å². The Bertz CT molecular complexity index is 827. The zero-order valence-electron chi connectivity index (χ0n) is 16.5. The summed E-state index contributed by atoms with van der Waals surface area (Å²) in [6.45, 7) is 2.63. The van der Waals surface area contributed by atoms with Crippen molar-refractivity contribution in [3.05, 3.63) is 71.0 Å². The topological polar surface area (TPSA) is 47.9 Å². The van der Waals surface area contributed by atoms with E-state index in [-0.39, 0.29) is 11.7 Å². The molecule has 148 valence electrons. The van der Waals surface area contributed by atoms with Gasteiger partial charge in [0.05, 0.1) is 0 Å². The summed E-state index contributed by atoms with van der Waals surface area (Å²) in [6, 6.07) is 14.8. The summed E-state index contributed by atoms with van der Waals surface area (Å²) in [5, 5.41) is 3.28. The number of benzene rings is 2. The van der Waals surface area contributed by atoms with Gasteiger partial charge >= 0.3 is 0 Å². The third kappa shape index (κ3) is 5.09. The Morgan fingerprint density at radius 3 is 2.54 bits per heavy atom. The van der Waals surface area contributed by atoms with Gasteiger partial charge in [0.15, 0.2) is 5.96 Å². The molecule has 0 unspecified atom stereocenters. The van der Waals surface area contributed by atoms with Crippen LogP contribution in [0.5, 0.6) is 0 Å². The fourth-order valence-electron chi connectivity index (χ4n) is 3.48. The number of aliphatic imine (C=N–C) groups is 1. The minimum atomic E-state index is -0.239. The molecule has 1 aliphatic heterocycles. The molecule has 2 aromatic rings. The monoisotopic (exact) mass is 382 g/mol. The molecular weight excluding hydrogens is 355 g/mol. The van der Waals surface area contributed by atoms with Crippen molar-refractivity contribution in [2.24, 2.45) is 4.99 Å². The van der Waals surface area contributed by atoms with Gasteiger partial charge in [-0.25, -0.2) is 4.39 Å². The second kappa shape index (κ2) is 9.35. The molecule has 5 nitrogen and oxygen atoms in total. The van der Waals surface area contributed by atoms with Gasteiger partial charge in [-0.05, 0) is 35.2 Å². The molecule has 0 aromatic heterocycles. The van der Waals surface area contributed by atoms with Crippen molar-refractivity contribution in [3.8, 4) is 0 Å². The van der Waals surface area contributed by atoms with Gasteiger partial charge < -0.3 is 15.1 Å². The first-order valence-electron chi connectivity index (χ1n) is 9.57. The van der Waals surface area contributed by atoms with Crippen molar-refractivity contribution >= 4 is 11.9 Å². The van der Waals surface area contributed by atoms with Crippen LogP contribution >= 0.6 is 0 Å². The van der Waals surface area contributed by atoms with Crippen LogP contribution in [0, 0.1) is 5.82 Å². The Kier molecular flexibility index (Phi) is 6.63. The second-order valence-corrected chi connectivity index (χ2v) is 7.08. The number of nitrogens with one attached hydrogen (secondary N) is 1. The van der Waals surface area contributed by atoms with Gasteiger partial charge in [0, 0.05) is 46.7 Å². The minimum Gasteiger partial charge on any atom is -0.356 e. The van der Waals surface area contributed by atoms with Crippen molar-refractivity contribution in [1.82, 2.24) is 15.1 Å². The van der Waals surface area contributed by atoms with E-state index in [1.54, 1.807) is 13.1 Å². The summed E-state index contributed by atoms with van der Waals surface area (Å²) in [6.07, 6.45) is 1.24. The molecule has 0 aliphatic carbocycles. The van der Waals surface area contributed by atoms with Crippen molar-refractivity contribution in [3.63, 3.8) is 0 Å². The molecule has 28 heavy (non-hydrogen) atoms. The van der Waals surface area contributed by atoms with Crippen molar-refractivity contribution in [1.29, 1.82) is 0 Å². The lowest BCUT2D eigenvalue weighted by molar-refractivity contribution is -0.131. The Morgan fingerprint density at radius 1 is 1.18 bits per heavy atom. The highest BCUT2D eigenvalue weighted by atomic mass is 19.1. The first-order chi connectivity index (χ1) is 13.6. The molecule has 0 spiro atoms. The highest BCUT2D eigenvalue weighted by Crippen LogP contribution is 2.22. The summed E-state index contributed by atoms with van der Waals surface area (Å²) in [5.74, 6) is 0.669. The summed E-state index contributed by atoms with van der Waals surface area (Å²) in [4.78, 5) is 20.6. The Morgan fingerprint density at radius 2 is 1.89 bits per heavy atom. The number of fused-ring (bicyclic) bond motifs is 1. The minimum absolute atomic E-state index is 0.182. The van der Waals surface area contributed by atoms with Crippen molar-refractivity contribution < 1.29 is 9.18 Å². The van der Waals surface area contributed by atoms with E-state index in [9.17, 15) is 9.18 Å². The molecule has 0 saturated heterocycles. The fourth-order valence-corrected chi connectivity index (χ4v) is 3.48. The van der Waals surface area contributed by atoms with Crippen LogP contribution in [0.25, 0.3) is 0 Å². The molecule has 1 heterocycles. The van der Waals surface area contributed by atoms with Gasteiger partial charge in [0.2, 0.25) is 5.91 Å². The number of hydrogen-bond acceptors (Lipinski definition) is 2. The molecule has 0 bridgehead atoms. The largest absolute Gasteiger partial charge is 0.356 e. The van der Waals surface area contributed by atoms with Crippen LogP contribution in [0.1, 0.15) is 29.5 Å². The van der Waals surface area contributed by atoms with Crippen molar-refractivity contribution in [2.75, 3.05) is 20.6 Å². The van der Waals surface area contributed by atoms with Gasteiger partial charge in [-0.15, -0.1) is 0 Å². The molecule has 2 aromatic carbocycles. The van der Waals surface area contributed by atoms with Gasteiger partial charge in [-0.3, -0.25) is 9.79 Å². The highest BCUT2D eigenvalue weighted by Gasteiger charge is 2.22. The molecule has 0 fully saturated rings. The third-order valence-electron chi connectivity index (χ3n) is 4.93. The lowest BCUT2D eigenvalue weighted by atomic mass is 10.1. The van der Waals surface area contributed by atoms with E-state index in [2.05, 4.69) is 22.4 Å². The first-order valence-corrected chi connectivity index (χ1v) is 9.57. The molecule has 0 radical (unpaired) electrons. The number of carbonyl (C=O) groups excluding carboxylic acids is 1. The zero-order valence-corrected chi connectivity index (χ0v) is 16.5. The van der Waals surface area contributed by atoms with E-state index in [1.165, 1.54) is 23.3 Å². The Balaban J connectivity index is 1.40. The maximum absolute atomic E-state index is 13.3. The van der Waals surface area contributed by atoms with Crippen LogP contribution in [0.15, 0.2) is 53.5 Å². The number of guanidine groups is 1. The predicted molar refractivity (Wildman–Crippen MR) is 109 cm³/mol. The molecule has 1 aliphatic rings.